The van der Waals surface area contributed by atoms with Crippen LogP contribution in [0, 0.1) is 0 Å². The molecule has 0 saturated carbocycles. The van der Waals surface area contributed by atoms with Crippen molar-refractivity contribution in [3.05, 3.63) is 68.8 Å². The van der Waals surface area contributed by atoms with Crippen LogP contribution < -0.4 is 0 Å². The van der Waals surface area contributed by atoms with Crippen molar-refractivity contribution in [1.82, 2.24) is 0 Å². The molecule has 4 heterocycles. The van der Waals surface area contributed by atoms with Gasteiger partial charge in [-0.3, -0.25) is 0 Å². The van der Waals surface area contributed by atoms with Gasteiger partial charge in [0.1, 0.15) is 0 Å². The van der Waals surface area contributed by atoms with Gasteiger partial charge in [0.05, 0.1) is 0 Å². The third kappa shape index (κ3) is 2.59. The van der Waals surface area contributed by atoms with Crippen LogP contribution in [0.25, 0.3) is 63.5 Å². The molecule has 140 valence electrons. The van der Waals surface area contributed by atoms with E-state index >= 15 is 0 Å². The summed E-state index contributed by atoms with van der Waals surface area (Å²) >= 11 is -0.705. The van der Waals surface area contributed by atoms with E-state index in [-0.39, 0.29) is 81.7 Å². The van der Waals surface area contributed by atoms with E-state index in [1.165, 1.54) is 32.3 Å². The summed E-state index contributed by atoms with van der Waals surface area (Å²) in [4.78, 5) is 0. The van der Waals surface area contributed by atoms with E-state index in [4.69, 9.17) is 0 Å². The fourth-order valence-electron chi connectivity index (χ4n) is 4.67. The monoisotopic (exact) mass is 844 g/mol. The molecule has 30 heavy (non-hydrogen) atoms. The Bertz CT molecular complexity index is 1810. The molecule has 8 aromatic rings. The number of rotatable bonds is 0. The molecule has 0 nitrogen and oxygen atoms in total. The Morgan fingerprint density at radius 2 is 0.833 bits per heavy atom. The average Bonchev–Trinajstić information content (AvgIpc) is 3.51. The van der Waals surface area contributed by atoms with Crippen LogP contribution in [0.15, 0.2) is 68.8 Å². The van der Waals surface area contributed by atoms with Crippen molar-refractivity contribution in [2.75, 3.05) is 0 Å². The zero-order chi connectivity index (χ0) is 19.4. The first-order chi connectivity index (χ1) is 14.8. The molecule has 0 spiro atoms. The van der Waals surface area contributed by atoms with E-state index in [1.807, 2.05) is 0 Å². The van der Waals surface area contributed by atoms with Gasteiger partial charge in [-0.25, -0.2) is 0 Å². The van der Waals surface area contributed by atoms with Gasteiger partial charge in [-0.05, 0) is 0 Å². The van der Waals surface area contributed by atoms with Crippen LogP contribution in [0.4, 0.5) is 0 Å². The Labute approximate surface area is 211 Å². The van der Waals surface area contributed by atoms with Crippen molar-refractivity contribution in [3.63, 3.8) is 0 Å². The quantitative estimate of drug-likeness (QED) is 0.165. The van der Waals surface area contributed by atoms with Crippen LogP contribution in [0.1, 0.15) is 0 Å². The molecule has 0 N–H and O–H groups in total. The fourth-order valence-corrected chi connectivity index (χ4v) is 18.8. The van der Waals surface area contributed by atoms with Gasteiger partial charge in [-0.15, -0.1) is 0 Å². The molecule has 0 aliphatic heterocycles. The Hall–Kier alpha value is -0.222. The van der Waals surface area contributed by atoms with E-state index in [9.17, 15) is 0 Å². The molecule has 4 aromatic heterocycles. The van der Waals surface area contributed by atoms with Crippen molar-refractivity contribution >= 4 is 145 Å². The minimum absolute atomic E-state index is 0.0823. The molecule has 8 rings (SSSR count). The topological polar surface area (TPSA) is 0 Å². The van der Waals surface area contributed by atoms with Crippen LogP contribution in [-0.4, -0.2) is 81.7 Å². The summed E-state index contributed by atoms with van der Waals surface area (Å²) in [6.07, 6.45) is 0. The first kappa shape index (κ1) is 18.2. The molecule has 0 saturated heterocycles. The molecule has 4 heteroatoms. The minimum atomic E-state index is -0.270. The second-order valence-electron chi connectivity index (χ2n) is 7.87. The standard InChI is InChI=1S/C26H12Te4/c1-3-27-21-9-17-11-23-19(7-15(17)5-13(1)21)25-26(29-23)20-8-16-6-14-2-4-28-22(14)10-18(16)12-24(20)30-25/h1-12H. The second kappa shape index (κ2) is 6.65. The van der Waals surface area contributed by atoms with Gasteiger partial charge in [0.15, 0.2) is 0 Å². The zero-order valence-corrected chi connectivity index (χ0v) is 24.9. The van der Waals surface area contributed by atoms with Gasteiger partial charge in [-0.2, -0.15) is 0 Å². The molecular weight excluding hydrogens is 823 g/mol. The van der Waals surface area contributed by atoms with E-state index in [0.717, 1.165) is 0 Å². The number of hydrogen-bond donors (Lipinski definition) is 0. The second-order valence-corrected chi connectivity index (χ2v) is 19.3. The zero-order valence-electron chi connectivity index (χ0n) is 15.6. The summed E-state index contributed by atoms with van der Waals surface area (Å²) in [5.74, 6) is 0. The molecule has 4 aromatic carbocycles. The SMILES string of the molecule is c1cc2cc3cc4c(cc3cc2[te]1)[te]c1c2cc3cc5cc[te]c5cc3cc2[te]c41. The molecule has 0 aliphatic rings. The molecule has 0 atom stereocenters. The van der Waals surface area contributed by atoms with Gasteiger partial charge in [-0.1, -0.05) is 0 Å². The molecule has 0 amide bonds. The van der Waals surface area contributed by atoms with Crippen LogP contribution in [0.3, 0.4) is 0 Å². The van der Waals surface area contributed by atoms with Crippen molar-refractivity contribution in [3.8, 4) is 0 Å². The maximum absolute atomic E-state index is 2.56. The molecule has 0 fully saturated rings. The summed E-state index contributed by atoms with van der Waals surface area (Å²) in [5, 5.41) is 12.1. The first-order valence-electron chi connectivity index (χ1n) is 9.81. The first-order valence-corrected chi connectivity index (χ1v) is 19.5. The Morgan fingerprint density at radius 3 is 1.33 bits per heavy atom. The molecular formula is C26H12Te4. The van der Waals surface area contributed by atoms with Crippen molar-refractivity contribution in [1.29, 1.82) is 0 Å². The average molecular weight is 835 g/mol. The van der Waals surface area contributed by atoms with Crippen LogP contribution in [-0.2, 0) is 0 Å². The van der Waals surface area contributed by atoms with E-state index in [0.29, 0.717) is 0 Å². The van der Waals surface area contributed by atoms with E-state index in [1.54, 1.807) is 31.2 Å². The summed E-state index contributed by atoms with van der Waals surface area (Å²) < 4.78 is 15.0. The predicted octanol–water partition coefficient (Wildman–Crippen LogP) is 5.99. The Balaban J connectivity index is 1.49. The molecule has 0 radical (unpaired) electrons. The van der Waals surface area contributed by atoms with Gasteiger partial charge < -0.3 is 0 Å². The summed E-state index contributed by atoms with van der Waals surface area (Å²) in [6.45, 7) is 0. The molecule has 0 bridgehead atoms. The number of hydrogen-bond acceptors (Lipinski definition) is 0. The maximum atomic E-state index is 2.56. The van der Waals surface area contributed by atoms with E-state index in [2.05, 4.69) is 68.8 Å². The van der Waals surface area contributed by atoms with Gasteiger partial charge in [0.25, 0.3) is 0 Å². The number of benzene rings is 4. The summed E-state index contributed by atoms with van der Waals surface area (Å²) in [7, 11) is 0. The Kier molecular flexibility index (Phi) is 4.04. The molecule has 0 aliphatic carbocycles. The van der Waals surface area contributed by atoms with E-state index < -0.39 is 0 Å². The van der Waals surface area contributed by atoms with Crippen LogP contribution >= 0.6 is 0 Å². The normalized spacial score (nSPS) is 12.7. The Morgan fingerprint density at radius 1 is 0.400 bits per heavy atom. The van der Waals surface area contributed by atoms with Gasteiger partial charge in [0, 0.05) is 0 Å². The van der Waals surface area contributed by atoms with Crippen LogP contribution in [0.2, 0.25) is 0 Å². The fraction of sp³-hybridized carbons (Fsp3) is 0. The third-order valence-electron chi connectivity index (χ3n) is 6.14. The van der Waals surface area contributed by atoms with Gasteiger partial charge >= 0.3 is 214 Å². The summed E-state index contributed by atoms with van der Waals surface area (Å²) in [6, 6.07) is 24.8. The van der Waals surface area contributed by atoms with Crippen molar-refractivity contribution < 1.29 is 0 Å². The molecule has 0 unspecified atom stereocenters. The summed E-state index contributed by atoms with van der Waals surface area (Å²) in [5.41, 5.74) is 0. The van der Waals surface area contributed by atoms with Crippen LogP contribution in [0.5, 0.6) is 0 Å². The third-order valence-corrected chi connectivity index (χ3v) is 19.2. The van der Waals surface area contributed by atoms with Crippen molar-refractivity contribution in [2.24, 2.45) is 0 Å². The van der Waals surface area contributed by atoms with Gasteiger partial charge in [0.2, 0.25) is 0 Å². The predicted molar refractivity (Wildman–Crippen MR) is 137 cm³/mol. The number of fused-ring (bicyclic) bond motifs is 9. The van der Waals surface area contributed by atoms with Crippen molar-refractivity contribution in [2.45, 2.75) is 0 Å².